The van der Waals surface area contributed by atoms with Gasteiger partial charge in [0, 0.05) is 32.9 Å². The zero-order valence-corrected chi connectivity index (χ0v) is 28.0. The molecule has 0 unspecified atom stereocenters. The lowest BCUT2D eigenvalue weighted by molar-refractivity contribution is 1.13. The Labute approximate surface area is 297 Å². The van der Waals surface area contributed by atoms with Gasteiger partial charge in [0.05, 0.1) is 49.7 Å². The quantitative estimate of drug-likeness (QED) is 0.185. The molecule has 0 atom stereocenters. The summed E-state index contributed by atoms with van der Waals surface area (Å²) < 4.78 is 9.51. The van der Waals surface area contributed by atoms with E-state index in [0.717, 1.165) is 50.3 Å². The van der Waals surface area contributed by atoms with E-state index in [1.807, 2.05) is 0 Å². The van der Waals surface area contributed by atoms with Gasteiger partial charge >= 0.3 is 0 Å². The Bertz CT molecular complexity index is 3400. The highest BCUT2D eigenvalue weighted by molar-refractivity contribution is 6.16. The van der Waals surface area contributed by atoms with Crippen molar-refractivity contribution in [3.63, 3.8) is 0 Å². The molecule has 0 aliphatic rings. The lowest BCUT2D eigenvalue weighted by Crippen LogP contribution is -2.00. The molecule has 0 spiro atoms. The van der Waals surface area contributed by atoms with Gasteiger partial charge in [-0.1, -0.05) is 103 Å². The molecule has 242 valence electrons. The molecular formula is C47H29N5. The molecule has 5 aromatic heterocycles. The first kappa shape index (κ1) is 27.7. The zero-order valence-electron chi connectivity index (χ0n) is 28.0. The van der Waals surface area contributed by atoms with Crippen LogP contribution in [-0.4, -0.2) is 22.9 Å². The Balaban J connectivity index is 1.17. The molecule has 0 N–H and O–H groups in total. The minimum Gasteiger partial charge on any atom is -0.309 e. The lowest BCUT2D eigenvalue weighted by atomic mass is 10.0. The molecule has 0 amide bonds. The number of nitrogens with zero attached hydrogens (tertiary/aromatic N) is 5. The number of aromatic nitrogens is 5. The Morgan fingerprint density at radius 2 is 0.923 bits per heavy atom. The second-order valence-electron chi connectivity index (χ2n) is 13.7. The summed E-state index contributed by atoms with van der Waals surface area (Å²) in [6.07, 6.45) is 0. The summed E-state index contributed by atoms with van der Waals surface area (Å²) in [6.45, 7) is 0. The molecule has 12 rings (SSSR count). The molecule has 7 aromatic carbocycles. The van der Waals surface area contributed by atoms with Gasteiger partial charge in [0.1, 0.15) is 0 Å². The van der Waals surface area contributed by atoms with Gasteiger partial charge in [-0.05, 0) is 83.9 Å². The maximum absolute atomic E-state index is 5.46. The van der Waals surface area contributed by atoms with E-state index in [4.69, 9.17) is 4.98 Å². The third-order valence-corrected chi connectivity index (χ3v) is 10.9. The minimum absolute atomic E-state index is 0.910. The van der Waals surface area contributed by atoms with E-state index in [1.54, 1.807) is 0 Å². The first-order chi connectivity index (χ1) is 25.8. The molecule has 52 heavy (non-hydrogen) atoms. The Morgan fingerprint density at radius 3 is 1.69 bits per heavy atom. The molecule has 0 aliphatic carbocycles. The highest BCUT2D eigenvalue weighted by Crippen LogP contribution is 2.40. The number of imidazole rings is 1. The fourth-order valence-electron chi connectivity index (χ4n) is 8.70. The van der Waals surface area contributed by atoms with Crippen LogP contribution in [0.3, 0.4) is 0 Å². The molecule has 0 saturated heterocycles. The number of benzene rings is 7. The summed E-state index contributed by atoms with van der Waals surface area (Å²) in [7, 11) is 0. The van der Waals surface area contributed by atoms with E-state index in [-0.39, 0.29) is 0 Å². The average molecular weight is 664 g/mol. The third kappa shape index (κ3) is 3.64. The van der Waals surface area contributed by atoms with Crippen molar-refractivity contribution < 1.29 is 0 Å². The molecule has 0 aliphatic heterocycles. The number of fused-ring (bicyclic) bond motifs is 15. The third-order valence-electron chi connectivity index (χ3n) is 10.9. The van der Waals surface area contributed by atoms with Crippen molar-refractivity contribution in [1.82, 2.24) is 22.9 Å². The van der Waals surface area contributed by atoms with Gasteiger partial charge in [-0.15, -0.1) is 0 Å². The SMILES string of the molecule is c1ccc(-n2c3ccccc3c3cc(-c4ccc5c(c4)nc4n6c7ccccc7cc6c6c(c7ccccc7n6-c6ccccc6)n54)ccc32)cc1. The van der Waals surface area contributed by atoms with Crippen LogP contribution in [0.1, 0.15) is 0 Å². The molecule has 5 nitrogen and oxygen atoms in total. The molecule has 0 saturated carbocycles. The molecule has 0 radical (unpaired) electrons. The van der Waals surface area contributed by atoms with Crippen LogP contribution < -0.4 is 0 Å². The highest BCUT2D eigenvalue weighted by Gasteiger charge is 2.23. The normalized spacial score (nSPS) is 12.2. The van der Waals surface area contributed by atoms with Gasteiger partial charge < -0.3 is 9.13 Å². The van der Waals surface area contributed by atoms with Crippen molar-refractivity contribution in [2.45, 2.75) is 0 Å². The maximum atomic E-state index is 5.46. The van der Waals surface area contributed by atoms with E-state index in [9.17, 15) is 0 Å². The fourth-order valence-corrected chi connectivity index (χ4v) is 8.70. The molecule has 0 bridgehead atoms. The summed E-state index contributed by atoms with van der Waals surface area (Å²) in [6, 6.07) is 63.4. The minimum atomic E-state index is 0.910. The van der Waals surface area contributed by atoms with Gasteiger partial charge in [0.15, 0.2) is 0 Å². The Hall–Kier alpha value is -7.11. The van der Waals surface area contributed by atoms with Crippen molar-refractivity contribution in [1.29, 1.82) is 0 Å². The zero-order chi connectivity index (χ0) is 33.9. The fraction of sp³-hybridized carbons (Fsp3) is 0. The molecule has 12 aromatic rings. The van der Waals surface area contributed by atoms with Crippen molar-refractivity contribution in [3.05, 3.63) is 176 Å². The smallest absolute Gasteiger partial charge is 0.220 e. The maximum Gasteiger partial charge on any atom is 0.220 e. The number of rotatable bonds is 3. The monoisotopic (exact) mass is 663 g/mol. The van der Waals surface area contributed by atoms with Crippen LogP contribution in [0.5, 0.6) is 0 Å². The van der Waals surface area contributed by atoms with Crippen LogP contribution in [-0.2, 0) is 0 Å². The van der Waals surface area contributed by atoms with Gasteiger partial charge in [-0.3, -0.25) is 8.80 Å². The van der Waals surface area contributed by atoms with Crippen LogP contribution in [0.15, 0.2) is 176 Å². The van der Waals surface area contributed by atoms with Crippen LogP contribution in [0.2, 0.25) is 0 Å². The van der Waals surface area contributed by atoms with Gasteiger partial charge in [-0.2, -0.15) is 0 Å². The summed E-state index contributed by atoms with van der Waals surface area (Å²) >= 11 is 0. The van der Waals surface area contributed by atoms with Gasteiger partial charge in [-0.25, -0.2) is 4.98 Å². The standard InChI is InChI=1S/C47H29N5/c1-3-14-33(15-4-1)49-40-21-11-8-18-35(40)37-27-30(23-25-42(37)49)31-24-26-43-38(28-31)48-47-51-39-20-10-7-13-32(39)29-44(51)46-45(52(43)47)36-19-9-12-22-41(36)50(46)34-16-5-2-6-17-34/h1-29H. The van der Waals surface area contributed by atoms with Crippen LogP contribution in [0.4, 0.5) is 0 Å². The summed E-state index contributed by atoms with van der Waals surface area (Å²) in [5.74, 6) is 0.910. The van der Waals surface area contributed by atoms with Crippen LogP contribution >= 0.6 is 0 Å². The van der Waals surface area contributed by atoms with Crippen molar-refractivity contribution in [2.75, 3.05) is 0 Å². The molecule has 5 heterocycles. The van der Waals surface area contributed by atoms with E-state index in [0.29, 0.717) is 0 Å². The summed E-state index contributed by atoms with van der Waals surface area (Å²) in [5.41, 5.74) is 14.9. The second-order valence-corrected chi connectivity index (χ2v) is 13.7. The van der Waals surface area contributed by atoms with Crippen molar-refractivity contribution >= 4 is 77.0 Å². The first-order valence-electron chi connectivity index (χ1n) is 17.7. The van der Waals surface area contributed by atoms with Crippen LogP contribution in [0, 0.1) is 0 Å². The van der Waals surface area contributed by atoms with E-state index >= 15 is 0 Å². The topological polar surface area (TPSA) is 31.6 Å². The largest absolute Gasteiger partial charge is 0.309 e. The van der Waals surface area contributed by atoms with Gasteiger partial charge in [0.2, 0.25) is 5.78 Å². The van der Waals surface area contributed by atoms with E-state index < -0.39 is 0 Å². The lowest BCUT2D eigenvalue weighted by Gasteiger charge is -2.10. The molecular weight excluding hydrogens is 635 g/mol. The average Bonchev–Trinajstić information content (AvgIpc) is 3.96. The second kappa shape index (κ2) is 10.2. The van der Waals surface area contributed by atoms with E-state index in [1.165, 1.54) is 49.2 Å². The highest BCUT2D eigenvalue weighted by atomic mass is 15.2. The number of para-hydroxylation sites is 5. The predicted octanol–water partition coefficient (Wildman–Crippen LogP) is 11.8. The van der Waals surface area contributed by atoms with E-state index in [2.05, 4.69) is 194 Å². The summed E-state index contributed by atoms with van der Waals surface area (Å²) in [4.78, 5) is 5.46. The summed E-state index contributed by atoms with van der Waals surface area (Å²) in [5, 5.41) is 4.87. The van der Waals surface area contributed by atoms with Gasteiger partial charge in [0.25, 0.3) is 0 Å². The number of hydrogen-bond donors (Lipinski definition) is 0. The predicted molar refractivity (Wildman–Crippen MR) is 215 cm³/mol. The molecule has 5 heteroatoms. The molecule has 0 fully saturated rings. The Morgan fingerprint density at radius 1 is 0.346 bits per heavy atom. The van der Waals surface area contributed by atoms with Crippen molar-refractivity contribution in [3.8, 4) is 22.5 Å². The van der Waals surface area contributed by atoms with Crippen molar-refractivity contribution in [2.24, 2.45) is 0 Å². The first-order valence-corrected chi connectivity index (χ1v) is 17.7. The number of hydrogen-bond acceptors (Lipinski definition) is 1. The van der Waals surface area contributed by atoms with Crippen LogP contribution in [0.25, 0.3) is 99.5 Å². The Kier molecular flexibility index (Phi) is 5.44.